The van der Waals surface area contributed by atoms with E-state index < -0.39 is 0 Å². The van der Waals surface area contributed by atoms with Crippen LogP contribution >= 0.6 is 0 Å². The predicted molar refractivity (Wildman–Crippen MR) is 72.3 cm³/mol. The zero-order valence-electron chi connectivity index (χ0n) is 12.5. The Morgan fingerprint density at radius 2 is 1.71 bits per heavy atom. The van der Waals surface area contributed by atoms with E-state index in [0.717, 1.165) is 13.0 Å². The Balaban J connectivity index is 3.80. The van der Waals surface area contributed by atoms with Crippen LogP contribution < -0.4 is 5.32 Å². The largest absolute Gasteiger partial charge is 0.365 e. The highest BCUT2D eigenvalue weighted by molar-refractivity contribution is 5.82. The van der Waals surface area contributed by atoms with Crippen LogP contribution in [-0.2, 0) is 9.53 Å². The van der Waals surface area contributed by atoms with Gasteiger partial charge in [-0.3, -0.25) is 4.79 Å². The van der Waals surface area contributed by atoms with Gasteiger partial charge in [-0.15, -0.1) is 0 Å². The van der Waals surface area contributed by atoms with Gasteiger partial charge in [0.05, 0.1) is 5.60 Å². The Labute approximate surface area is 106 Å². The first kappa shape index (κ1) is 16.6. The van der Waals surface area contributed by atoms with E-state index in [1.807, 2.05) is 27.7 Å². The van der Waals surface area contributed by atoms with Gasteiger partial charge in [0.2, 0.25) is 0 Å². The summed E-state index contributed by atoms with van der Waals surface area (Å²) in [6, 6.07) is 0. The summed E-state index contributed by atoms with van der Waals surface area (Å²) in [5, 5.41) is 3.37. The topological polar surface area (TPSA) is 38.3 Å². The molecule has 0 bridgehead atoms. The minimum atomic E-state index is -0.301. The number of hydrogen-bond acceptors (Lipinski definition) is 3. The van der Waals surface area contributed by atoms with E-state index in [2.05, 4.69) is 26.1 Å². The van der Waals surface area contributed by atoms with E-state index in [1.165, 1.54) is 0 Å². The zero-order valence-corrected chi connectivity index (χ0v) is 12.5. The number of carbonyl (C=O) groups is 1. The molecule has 0 fully saturated rings. The van der Waals surface area contributed by atoms with Gasteiger partial charge >= 0.3 is 0 Å². The Kier molecular flexibility index (Phi) is 6.35. The Morgan fingerprint density at radius 1 is 1.18 bits per heavy atom. The van der Waals surface area contributed by atoms with Gasteiger partial charge in [-0.1, -0.05) is 0 Å². The lowest BCUT2D eigenvalue weighted by atomic mass is 10.1. The van der Waals surface area contributed by atoms with Gasteiger partial charge in [-0.25, -0.2) is 0 Å². The van der Waals surface area contributed by atoms with Crippen LogP contribution in [0.4, 0.5) is 0 Å². The maximum Gasteiger partial charge on any atom is 0.161 e. The molecule has 0 aromatic carbocycles. The molecule has 1 unspecified atom stereocenters. The lowest BCUT2D eigenvalue weighted by Crippen LogP contribution is -2.37. The van der Waals surface area contributed by atoms with Crippen molar-refractivity contribution in [3.05, 3.63) is 0 Å². The molecule has 0 radical (unpaired) electrons. The van der Waals surface area contributed by atoms with Crippen molar-refractivity contribution in [3.63, 3.8) is 0 Å². The number of Topliss-reactive ketones (excluding diaryl/α,β-unsaturated/α-hetero) is 1. The monoisotopic (exact) mass is 243 g/mol. The highest BCUT2D eigenvalue weighted by atomic mass is 16.5. The molecular weight excluding hydrogens is 214 g/mol. The molecule has 0 aliphatic rings. The minimum Gasteiger partial charge on any atom is -0.365 e. The summed E-state index contributed by atoms with van der Waals surface area (Å²) >= 11 is 0. The molecule has 3 nitrogen and oxygen atoms in total. The van der Waals surface area contributed by atoms with Crippen LogP contribution in [0.2, 0.25) is 0 Å². The average Bonchev–Trinajstić information content (AvgIpc) is 2.07. The fourth-order valence-corrected chi connectivity index (χ4v) is 1.53. The van der Waals surface area contributed by atoms with Crippen LogP contribution in [0, 0.1) is 0 Å². The van der Waals surface area contributed by atoms with Crippen LogP contribution in [0.3, 0.4) is 0 Å². The van der Waals surface area contributed by atoms with Crippen molar-refractivity contribution in [2.45, 2.75) is 78.6 Å². The summed E-state index contributed by atoms with van der Waals surface area (Å²) in [5.41, 5.74) is -0.130. The van der Waals surface area contributed by atoms with Gasteiger partial charge in [0.1, 0.15) is 6.10 Å². The molecule has 0 aromatic rings. The molecule has 0 saturated carbocycles. The van der Waals surface area contributed by atoms with Crippen LogP contribution in [-0.4, -0.2) is 29.6 Å². The van der Waals surface area contributed by atoms with Crippen LogP contribution in [0.1, 0.15) is 61.3 Å². The van der Waals surface area contributed by atoms with Gasteiger partial charge < -0.3 is 10.1 Å². The number of hydrogen-bond donors (Lipinski definition) is 1. The fourth-order valence-electron chi connectivity index (χ4n) is 1.53. The van der Waals surface area contributed by atoms with E-state index in [9.17, 15) is 4.79 Å². The number of nitrogens with one attached hydrogen (secondary N) is 1. The molecule has 0 amide bonds. The molecule has 0 aliphatic carbocycles. The van der Waals surface area contributed by atoms with E-state index in [-0.39, 0.29) is 23.0 Å². The molecule has 0 rings (SSSR count). The van der Waals surface area contributed by atoms with Crippen molar-refractivity contribution in [1.82, 2.24) is 5.32 Å². The van der Waals surface area contributed by atoms with E-state index >= 15 is 0 Å². The van der Waals surface area contributed by atoms with Crippen LogP contribution in [0.25, 0.3) is 0 Å². The highest BCUT2D eigenvalue weighted by Crippen LogP contribution is 2.12. The fraction of sp³-hybridized carbons (Fsp3) is 0.929. The number of carbonyl (C=O) groups excluding carboxylic acids is 1. The van der Waals surface area contributed by atoms with E-state index in [1.54, 1.807) is 0 Å². The maximum atomic E-state index is 11.8. The first-order valence-corrected chi connectivity index (χ1v) is 6.47. The van der Waals surface area contributed by atoms with E-state index in [0.29, 0.717) is 6.42 Å². The van der Waals surface area contributed by atoms with Gasteiger partial charge in [-0.05, 0) is 61.4 Å². The van der Waals surface area contributed by atoms with Gasteiger partial charge in [0.25, 0.3) is 0 Å². The summed E-state index contributed by atoms with van der Waals surface area (Å²) in [6.45, 7) is 15.0. The van der Waals surface area contributed by atoms with Gasteiger partial charge in [-0.2, -0.15) is 0 Å². The summed E-state index contributed by atoms with van der Waals surface area (Å²) < 4.78 is 5.63. The standard InChI is InChI=1S/C14H29NO2/c1-11(17-14(5,6)7)12(16)9-8-10-15-13(2,3)4/h11,15H,8-10H2,1-7H3. The average molecular weight is 243 g/mol. The molecule has 3 heteroatoms. The molecule has 0 heterocycles. The SMILES string of the molecule is CC(OC(C)(C)C)C(=O)CCCNC(C)(C)C. The molecular formula is C14H29NO2. The second-order valence-electron chi connectivity index (χ2n) is 6.62. The van der Waals surface area contributed by atoms with Crippen molar-refractivity contribution < 1.29 is 9.53 Å². The van der Waals surface area contributed by atoms with Crippen molar-refractivity contribution in [2.75, 3.05) is 6.54 Å². The van der Waals surface area contributed by atoms with Crippen LogP contribution in [0.15, 0.2) is 0 Å². The Hall–Kier alpha value is -0.410. The molecule has 1 atom stereocenters. The zero-order chi connectivity index (χ0) is 13.7. The molecule has 17 heavy (non-hydrogen) atoms. The quantitative estimate of drug-likeness (QED) is 0.729. The summed E-state index contributed by atoms with van der Waals surface area (Å²) in [7, 11) is 0. The number of rotatable bonds is 6. The lowest BCUT2D eigenvalue weighted by molar-refractivity contribution is -0.138. The maximum absolute atomic E-state index is 11.8. The number of ether oxygens (including phenoxy) is 1. The first-order chi connectivity index (χ1) is 7.51. The molecule has 1 N–H and O–H groups in total. The third-order valence-corrected chi connectivity index (χ3v) is 2.24. The smallest absolute Gasteiger partial charge is 0.161 e. The first-order valence-electron chi connectivity index (χ1n) is 6.47. The highest BCUT2D eigenvalue weighted by Gasteiger charge is 2.20. The number of ketones is 1. The Morgan fingerprint density at radius 3 is 2.12 bits per heavy atom. The van der Waals surface area contributed by atoms with Crippen molar-refractivity contribution in [2.24, 2.45) is 0 Å². The lowest BCUT2D eigenvalue weighted by Gasteiger charge is -2.24. The van der Waals surface area contributed by atoms with Crippen LogP contribution in [0.5, 0.6) is 0 Å². The molecule has 0 spiro atoms. The molecule has 0 aliphatic heterocycles. The summed E-state index contributed by atoms with van der Waals surface area (Å²) in [6.07, 6.45) is 1.15. The van der Waals surface area contributed by atoms with E-state index in [4.69, 9.17) is 4.74 Å². The second-order valence-corrected chi connectivity index (χ2v) is 6.62. The van der Waals surface area contributed by atoms with Crippen molar-refractivity contribution >= 4 is 5.78 Å². The predicted octanol–water partition coefficient (Wildman–Crippen LogP) is 2.93. The second kappa shape index (κ2) is 6.50. The van der Waals surface area contributed by atoms with Crippen molar-refractivity contribution in [3.8, 4) is 0 Å². The third-order valence-electron chi connectivity index (χ3n) is 2.24. The minimum absolute atomic E-state index is 0.122. The third kappa shape index (κ3) is 10.5. The summed E-state index contributed by atoms with van der Waals surface area (Å²) in [5.74, 6) is 0.190. The van der Waals surface area contributed by atoms with Gasteiger partial charge in [0, 0.05) is 12.0 Å². The normalized spacial score (nSPS) is 14.8. The molecule has 0 aromatic heterocycles. The van der Waals surface area contributed by atoms with Gasteiger partial charge in [0.15, 0.2) is 5.78 Å². The Bertz CT molecular complexity index is 236. The van der Waals surface area contributed by atoms with Crippen molar-refractivity contribution in [1.29, 1.82) is 0 Å². The summed E-state index contributed by atoms with van der Waals surface area (Å²) in [4.78, 5) is 11.8. The molecule has 0 saturated heterocycles. The molecule has 102 valence electrons.